The minimum absolute atomic E-state index is 0.0400. The molecule has 1 aromatic heterocycles. The lowest BCUT2D eigenvalue weighted by atomic mass is 10.1. The van der Waals surface area contributed by atoms with Crippen molar-refractivity contribution in [3.8, 4) is 5.88 Å². The van der Waals surface area contributed by atoms with E-state index in [2.05, 4.69) is 9.71 Å². The van der Waals surface area contributed by atoms with Gasteiger partial charge in [-0.2, -0.15) is 0 Å². The molecule has 4 rings (SSSR count). The first-order chi connectivity index (χ1) is 17.5. The molecular formula is C24H26ClFN4O5S2. The second-order valence-corrected chi connectivity index (χ2v) is 12.9. The molecule has 198 valence electrons. The smallest absolute Gasteiger partial charge is 0.261 e. The van der Waals surface area contributed by atoms with Gasteiger partial charge in [-0.25, -0.2) is 30.5 Å². The second-order valence-electron chi connectivity index (χ2n) is 8.62. The molecule has 0 unspecified atom stereocenters. The summed E-state index contributed by atoms with van der Waals surface area (Å²) in [5.41, 5.74) is 0.227. The van der Waals surface area contributed by atoms with Gasteiger partial charge in [0.1, 0.15) is 11.9 Å². The number of hydrogen-bond acceptors (Lipinski definition) is 7. The fourth-order valence-corrected chi connectivity index (χ4v) is 6.00. The fourth-order valence-electron chi connectivity index (χ4n) is 3.92. The molecule has 9 nitrogen and oxygen atoms in total. The Labute approximate surface area is 220 Å². The first-order valence-corrected chi connectivity index (χ1v) is 14.6. The van der Waals surface area contributed by atoms with Crippen LogP contribution in [0.25, 0.3) is 0 Å². The summed E-state index contributed by atoms with van der Waals surface area (Å²) in [5.74, 6) is -0.113. The predicted molar refractivity (Wildman–Crippen MR) is 140 cm³/mol. The Morgan fingerprint density at radius 3 is 2.24 bits per heavy atom. The van der Waals surface area contributed by atoms with Crippen LogP contribution in [0.4, 0.5) is 15.8 Å². The summed E-state index contributed by atoms with van der Waals surface area (Å²) in [4.78, 5) is 5.72. The number of pyridine rings is 1. The quantitative estimate of drug-likeness (QED) is 0.438. The van der Waals surface area contributed by atoms with Gasteiger partial charge in [0.2, 0.25) is 15.9 Å². The highest BCUT2D eigenvalue weighted by Gasteiger charge is 2.27. The van der Waals surface area contributed by atoms with E-state index in [9.17, 15) is 21.2 Å². The van der Waals surface area contributed by atoms with E-state index < -0.39 is 25.9 Å². The summed E-state index contributed by atoms with van der Waals surface area (Å²) in [5, 5.41) is 0.506. The molecule has 0 radical (unpaired) electrons. The molecule has 0 bridgehead atoms. The Hall–Kier alpha value is -2.93. The van der Waals surface area contributed by atoms with Crippen LogP contribution in [0.15, 0.2) is 70.6 Å². The van der Waals surface area contributed by atoms with E-state index in [1.807, 2.05) is 0 Å². The number of halogens is 2. The zero-order valence-electron chi connectivity index (χ0n) is 20.1. The van der Waals surface area contributed by atoms with Gasteiger partial charge in [-0.1, -0.05) is 17.7 Å². The first kappa shape index (κ1) is 27.1. The van der Waals surface area contributed by atoms with Gasteiger partial charge in [-0.3, -0.25) is 4.72 Å². The zero-order chi connectivity index (χ0) is 26.8. The number of nitrogens with one attached hydrogen (secondary N) is 1. The van der Waals surface area contributed by atoms with Crippen molar-refractivity contribution in [1.29, 1.82) is 0 Å². The van der Waals surface area contributed by atoms with Crippen LogP contribution in [0.2, 0.25) is 5.02 Å². The Morgan fingerprint density at radius 1 is 1.00 bits per heavy atom. The highest BCUT2D eigenvalue weighted by atomic mass is 35.5. The van der Waals surface area contributed by atoms with Crippen molar-refractivity contribution >= 4 is 43.0 Å². The molecule has 1 aliphatic heterocycles. The molecule has 0 atom stereocenters. The summed E-state index contributed by atoms with van der Waals surface area (Å²) in [7, 11) is -5.06. The van der Waals surface area contributed by atoms with Gasteiger partial charge < -0.3 is 9.64 Å². The van der Waals surface area contributed by atoms with Crippen LogP contribution in [0.3, 0.4) is 0 Å². The molecule has 3 aromatic rings. The summed E-state index contributed by atoms with van der Waals surface area (Å²) in [6.07, 6.45) is 2.52. The maximum atomic E-state index is 15.0. The lowest BCUT2D eigenvalue weighted by molar-refractivity contribution is 0.164. The normalized spacial score (nSPS) is 15.1. The molecule has 1 N–H and O–H groups in total. The molecule has 2 heterocycles. The average Bonchev–Trinajstić information content (AvgIpc) is 2.86. The lowest BCUT2D eigenvalue weighted by Gasteiger charge is -2.34. The zero-order valence-corrected chi connectivity index (χ0v) is 22.5. The number of aromatic nitrogens is 1. The molecule has 0 saturated carbocycles. The van der Waals surface area contributed by atoms with Gasteiger partial charge >= 0.3 is 0 Å². The molecular weight excluding hydrogens is 543 g/mol. The monoisotopic (exact) mass is 568 g/mol. The number of piperidine rings is 1. The van der Waals surface area contributed by atoms with Crippen molar-refractivity contribution in [2.24, 2.45) is 0 Å². The van der Waals surface area contributed by atoms with Gasteiger partial charge in [0, 0.05) is 52.3 Å². The number of sulfonamides is 2. The van der Waals surface area contributed by atoms with Crippen molar-refractivity contribution in [1.82, 2.24) is 9.29 Å². The highest BCUT2D eigenvalue weighted by molar-refractivity contribution is 7.92. The molecule has 13 heteroatoms. The van der Waals surface area contributed by atoms with Crippen LogP contribution in [-0.2, 0) is 20.0 Å². The standard InChI is InChI=1S/C24H26ClFN4O5S2/c1-29(2)37(33,34)20-9-7-19(8-10-20)36(31,32)28-22-5-3-4-21(26)24(22)30-14-12-18(13-15-30)35-23-11-6-17(25)16-27-23/h3-11,16,18,28H,12-15H2,1-2H3. The third-order valence-corrected chi connectivity index (χ3v) is 9.32. The summed E-state index contributed by atoms with van der Waals surface area (Å²) in [6.45, 7) is 0.871. The molecule has 1 saturated heterocycles. The van der Waals surface area contributed by atoms with Crippen molar-refractivity contribution in [3.63, 3.8) is 0 Å². The van der Waals surface area contributed by atoms with E-state index in [0.717, 1.165) is 4.31 Å². The Balaban J connectivity index is 1.50. The van der Waals surface area contributed by atoms with Crippen LogP contribution in [0.1, 0.15) is 12.8 Å². The third kappa shape index (κ3) is 6.15. The molecule has 0 aliphatic carbocycles. The van der Waals surface area contributed by atoms with Gasteiger partial charge in [0.05, 0.1) is 26.2 Å². The fraction of sp³-hybridized carbons (Fsp3) is 0.292. The second kappa shape index (κ2) is 10.8. The van der Waals surface area contributed by atoms with E-state index in [4.69, 9.17) is 16.3 Å². The van der Waals surface area contributed by atoms with Gasteiger partial charge in [-0.05, 0) is 42.5 Å². The summed E-state index contributed by atoms with van der Waals surface area (Å²) in [6, 6.07) is 12.4. The first-order valence-electron chi connectivity index (χ1n) is 11.3. The average molecular weight is 569 g/mol. The summed E-state index contributed by atoms with van der Waals surface area (Å²) >= 11 is 5.86. The van der Waals surface area contributed by atoms with Crippen molar-refractivity contribution < 1.29 is 26.0 Å². The third-order valence-electron chi connectivity index (χ3n) is 5.89. The maximum absolute atomic E-state index is 15.0. The molecule has 1 fully saturated rings. The van der Waals surface area contributed by atoms with E-state index in [1.54, 1.807) is 17.0 Å². The Kier molecular flexibility index (Phi) is 7.93. The van der Waals surface area contributed by atoms with Crippen LogP contribution in [0, 0.1) is 5.82 Å². The number of benzene rings is 2. The molecule has 0 amide bonds. The number of para-hydroxylation sites is 1. The number of nitrogens with zero attached hydrogens (tertiary/aromatic N) is 3. The lowest BCUT2D eigenvalue weighted by Crippen LogP contribution is -2.39. The number of anilines is 2. The molecule has 0 spiro atoms. The minimum atomic E-state index is -4.12. The van der Waals surface area contributed by atoms with Crippen LogP contribution in [-0.4, -0.2) is 59.4 Å². The number of ether oxygens (including phenoxy) is 1. The topological polar surface area (TPSA) is 109 Å². The maximum Gasteiger partial charge on any atom is 0.261 e. The SMILES string of the molecule is CN(C)S(=O)(=O)c1ccc(S(=O)(=O)Nc2cccc(F)c2N2CCC(Oc3ccc(Cl)cn3)CC2)cc1. The van der Waals surface area contributed by atoms with Gasteiger partial charge in [0.25, 0.3) is 10.0 Å². The number of hydrogen-bond donors (Lipinski definition) is 1. The van der Waals surface area contributed by atoms with Crippen LogP contribution >= 0.6 is 11.6 Å². The van der Waals surface area contributed by atoms with Crippen molar-refractivity contribution in [2.45, 2.75) is 28.7 Å². The van der Waals surface area contributed by atoms with Crippen LogP contribution < -0.4 is 14.4 Å². The minimum Gasteiger partial charge on any atom is -0.474 e. The molecule has 37 heavy (non-hydrogen) atoms. The largest absolute Gasteiger partial charge is 0.474 e. The summed E-state index contributed by atoms with van der Waals surface area (Å²) < 4.78 is 75.0. The number of rotatable bonds is 8. The van der Waals surface area contributed by atoms with Gasteiger partial charge in [-0.15, -0.1) is 0 Å². The van der Waals surface area contributed by atoms with E-state index in [0.29, 0.717) is 36.8 Å². The van der Waals surface area contributed by atoms with E-state index in [-0.39, 0.29) is 27.3 Å². The van der Waals surface area contributed by atoms with E-state index >= 15 is 0 Å². The Morgan fingerprint density at radius 2 is 1.65 bits per heavy atom. The van der Waals surface area contributed by atoms with Crippen molar-refractivity contribution in [2.75, 3.05) is 36.8 Å². The molecule has 2 aromatic carbocycles. The van der Waals surface area contributed by atoms with E-state index in [1.165, 1.54) is 62.8 Å². The van der Waals surface area contributed by atoms with Crippen molar-refractivity contribution in [3.05, 3.63) is 71.6 Å². The van der Waals surface area contributed by atoms with Gasteiger partial charge in [0.15, 0.2) is 0 Å². The Bertz CT molecular complexity index is 1460. The molecule has 1 aliphatic rings. The highest BCUT2D eigenvalue weighted by Crippen LogP contribution is 2.33. The predicted octanol–water partition coefficient (Wildman–Crippen LogP) is 3.97. The van der Waals surface area contributed by atoms with Crippen LogP contribution in [0.5, 0.6) is 5.88 Å².